The second-order valence-corrected chi connectivity index (χ2v) is 5.26. The molecule has 1 aliphatic heterocycles. The summed E-state index contributed by atoms with van der Waals surface area (Å²) in [6.45, 7) is 4.92. The summed E-state index contributed by atoms with van der Waals surface area (Å²) in [4.78, 5) is 14.3. The van der Waals surface area contributed by atoms with Crippen molar-refractivity contribution in [2.45, 2.75) is 32.2 Å². The van der Waals surface area contributed by atoms with Crippen LogP contribution in [-0.2, 0) is 0 Å². The number of benzene rings is 1. The van der Waals surface area contributed by atoms with Crippen LogP contribution in [0.15, 0.2) is 18.2 Å². The topological polar surface area (TPSA) is 49.8 Å². The summed E-state index contributed by atoms with van der Waals surface area (Å²) in [6.07, 6.45) is 2.04. The number of ether oxygens (including phenoxy) is 1. The fourth-order valence-corrected chi connectivity index (χ4v) is 2.46. The maximum Gasteiger partial charge on any atom is 0.254 e. The van der Waals surface area contributed by atoms with Crippen molar-refractivity contribution in [1.82, 2.24) is 4.90 Å². The molecule has 0 bridgehead atoms. The van der Waals surface area contributed by atoms with E-state index in [-0.39, 0.29) is 17.2 Å². The van der Waals surface area contributed by atoms with E-state index >= 15 is 0 Å². The quantitative estimate of drug-likeness (QED) is 0.875. The third-order valence-electron chi connectivity index (χ3n) is 3.57. The zero-order valence-electron chi connectivity index (χ0n) is 11.1. The van der Waals surface area contributed by atoms with Crippen LogP contribution in [0.1, 0.15) is 37.0 Å². The Morgan fingerprint density at radius 3 is 2.67 bits per heavy atom. The second-order valence-electron chi connectivity index (χ2n) is 5.26. The molecule has 1 aliphatic rings. The van der Waals surface area contributed by atoms with E-state index in [1.165, 1.54) is 13.2 Å². The fraction of sp³-hybridized carbons (Fsp3) is 0.500. The number of likely N-dealkylation sites (tertiary alicyclic amines) is 1. The molecule has 1 amide bonds. The molecule has 1 N–H and O–H groups in total. The Balaban J connectivity index is 2.27. The Kier molecular flexibility index (Phi) is 3.20. The van der Waals surface area contributed by atoms with Crippen molar-refractivity contribution in [2.24, 2.45) is 0 Å². The zero-order valence-corrected chi connectivity index (χ0v) is 11.1. The van der Waals surface area contributed by atoms with Crippen molar-refractivity contribution in [2.75, 3.05) is 13.7 Å². The highest BCUT2D eigenvalue weighted by atomic mass is 16.5. The summed E-state index contributed by atoms with van der Waals surface area (Å²) < 4.78 is 4.97. The van der Waals surface area contributed by atoms with Crippen LogP contribution < -0.4 is 4.74 Å². The first-order valence-electron chi connectivity index (χ1n) is 6.15. The Bertz CT molecular complexity index is 468. The SMILES string of the molecule is COc1ccc(C(=O)N2CCCC2(C)C)cc1O. The molecule has 0 aromatic heterocycles. The molecule has 1 heterocycles. The van der Waals surface area contributed by atoms with E-state index in [9.17, 15) is 9.90 Å². The molecule has 2 rings (SSSR count). The van der Waals surface area contributed by atoms with E-state index in [1.807, 2.05) is 4.90 Å². The van der Waals surface area contributed by atoms with Gasteiger partial charge >= 0.3 is 0 Å². The lowest BCUT2D eigenvalue weighted by Gasteiger charge is -2.31. The van der Waals surface area contributed by atoms with Gasteiger partial charge in [-0.3, -0.25) is 4.79 Å². The Morgan fingerprint density at radius 1 is 1.44 bits per heavy atom. The third kappa shape index (κ3) is 2.15. The van der Waals surface area contributed by atoms with Crippen molar-refractivity contribution in [3.05, 3.63) is 23.8 Å². The van der Waals surface area contributed by atoms with Crippen molar-refractivity contribution < 1.29 is 14.6 Å². The minimum absolute atomic E-state index is 0.000327. The highest BCUT2D eigenvalue weighted by molar-refractivity contribution is 5.95. The molecule has 4 heteroatoms. The van der Waals surface area contributed by atoms with Gasteiger partial charge in [-0.15, -0.1) is 0 Å². The van der Waals surface area contributed by atoms with Crippen LogP contribution in [0.5, 0.6) is 11.5 Å². The molecule has 0 unspecified atom stereocenters. The molecule has 1 saturated heterocycles. The van der Waals surface area contributed by atoms with Crippen molar-refractivity contribution in [1.29, 1.82) is 0 Å². The van der Waals surface area contributed by atoms with Crippen molar-refractivity contribution >= 4 is 5.91 Å². The Hall–Kier alpha value is -1.71. The van der Waals surface area contributed by atoms with Crippen molar-refractivity contribution in [3.63, 3.8) is 0 Å². The molecule has 98 valence electrons. The number of aromatic hydroxyl groups is 1. The Morgan fingerprint density at radius 2 is 2.17 bits per heavy atom. The van der Waals surface area contributed by atoms with E-state index < -0.39 is 0 Å². The van der Waals surface area contributed by atoms with Gasteiger partial charge in [0.25, 0.3) is 5.91 Å². The van der Waals surface area contributed by atoms with Gasteiger partial charge in [-0.2, -0.15) is 0 Å². The minimum Gasteiger partial charge on any atom is -0.504 e. The lowest BCUT2D eigenvalue weighted by atomic mass is 10.0. The van der Waals surface area contributed by atoms with Gasteiger partial charge in [0, 0.05) is 17.6 Å². The van der Waals surface area contributed by atoms with Crippen LogP contribution >= 0.6 is 0 Å². The predicted molar refractivity (Wildman–Crippen MR) is 69.0 cm³/mol. The number of hydrogen-bond acceptors (Lipinski definition) is 3. The number of amides is 1. The molecule has 0 aliphatic carbocycles. The predicted octanol–water partition coefficient (Wildman–Crippen LogP) is 2.42. The van der Waals surface area contributed by atoms with E-state index in [2.05, 4.69) is 13.8 Å². The molecular weight excluding hydrogens is 230 g/mol. The maximum absolute atomic E-state index is 12.4. The highest BCUT2D eigenvalue weighted by Crippen LogP contribution is 2.32. The van der Waals surface area contributed by atoms with Gasteiger partial charge in [-0.05, 0) is 44.9 Å². The summed E-state index contributed by atoms with van der Waals surface area (Å²) in [5, 5.41) is 9.72. The van der Waals surface area contributed by atoms with Gasteiger partial charge in [0.15, 0.2) is 11.5 Å². The lowest BCUT2D eigenvalue weighted by molar-refractivity contribution is 0.0651. The second kappa shape index (κ2) is 4.52. The van der Waals surface area contributed by atoms with Crippen LogP contribution in [0.3, 0.4) is 0 Å². The van der Waals surface area contributed by atoms with Crippen molar-refractivity contribution in [3.8, 4) is 11.5 Å². The van der Waals surface area contributed by atoms with Gasteiger partial charge < -0.3 is 14.7 Å². The lowest BCUT2D eigenvalue weighted by Crippen LogP contribution is -2.42. The summed E-state index contributed by atoms with van der Waals surface area (Å²) in [7, 11) is 1.49. The number of phenols is 1. The van der Waals surface area contributed by atoms with Crippen LogP contribution in [-0.4, -0.2) is 35.1 Å². The number of phenolic OH excluding ortho intramolecular Hbond substituents is 1. The number of carbonyl (C=O) groups is 1. The molecule has 1 fully saturated rings. The van der Waals surface area contributed by atoms with Gasteiger partial charge in [0.1, 0.15) is 0 Å². The minimum atomic E-state index is -0.105. The molecule has 1 aromatic carbocycles. The first kappa shape index (κ1) is 12.7. The van der Waals surface area contributed by atoms with Gasteiger partial charge in [-0.25, -0.2) is 0 Å². The van der Waals surface area contributed by atoms with Crippen LogP contribution in [0, 0.1) is 0 Å². The molecule has 18 heavy (non-hydrogen) atoms. The fourth-order valence-electron chi connectivity index (χ4n) is 2.46. The number of nitrogens with zero attached hydrogens (tertiary/aromatic N) is 1. The maximum atomic E-state index is 12.4. The molecule has 0 radical (unpaired) electrons. The number of hydrogen-bond donors (Lipinski definition) is 1. The first-order valence-corrected chi connectivity index (χ1v) is 6.15. The normalized spacial score (nSPS) is 17.8. The van der Waals surface area contributed by atoms with Gasteiger partial charge in [0.2, 0.25) is 0 Å². The van der Waals surface area contributed by atoms with E-state index in [1.54, 1.807) is 12.1 Å². The number of rotatable bonds is 2. The summed E-state index contributed by atoms with van der Waals surface area (Å²) >= 11 is 0. The summed E-state index contributed by atoms with van der Waals surface area (Å²) in [5.74, 6) is 0.350. The summed E-state index contributed by atoms with van der Waals surface area (Å²) in [6, 6.07) is 4.77. The van der Waals surface area contributed by atoms with E-state index in [4.69, 9.17) is 4.74 Å². The van der Waals surface area contributed by atoms with E-state index in [0.717, 1.165) is 19.4 Å². The van der Waals surface area contributed by atoms with Gasteiger partial charge in [-0.1, -0.05) is 0 Å². The Labute approximate surface area is 107 Å². The van der Waals surface area contributed by atoms with Gasteiger partial charge in [0.05, 0.1) is 7.11 Å². The number of carbonyl (C=O) groups excluding carboxylic acids is 1. The largest absolute Gasteiger partial charge is 0.504 e. The standard InChI is InChI=1S/C14H19NO3/c1-14(2)7-4-8-15(14)13(17)10-5-6-12(18-3)11(16)9-10/h5-6,9,16H,4,7-8H2,1-3H3. The first-order chi connectivity index (χ1) is 8.45. The molecule has 1 aromatic rings. The highest BCUT2D eigenvalue weighted by Gasteiger charge is 2.35. The van der Waals surface area contributed by atoms with Crippen LogP contribution in [0.4, 0.5) is 0 Å². The zero-order chi connectivity index (χ0) is 13.3. The smallest absolute Gasteiger partial charge is 0.254 e. The molecule has 0 saturated carbocycles. The molecule has 0 atom stereocenters. The van der Waals surface area contributed by atoms with Crippen LogP contribution in [0.25, 0.3) is 0 Å². The number of methoxy groups -OCH3 is 1. The van der Waals surface area contributed by atoms with Crippen LogP contribution in [0.2, 0.25) is 0 Å². The summed E-state index contributed by atoms with van der Waals surface area (Å²) in [5.41, 5.74) is 0.398. The molecular formula is C14H19NO3. The average molecular weight is 249 g/mol. The monoisotopic (exact) mass is 249 g/mol. The average Bonchev–Trinajstić information content (AvgIpc) is 2.68. The third-order valence-corrected chi connectivity index (χ3v) is 3.57. The van der Waals surface area contributed by atoms with E-state index in [0.29, 0.717) is 11.3 Å². The molecule has 0 spiro atoms. The molecule has 4 nitrogen and oxygen atoms in total.